The molecule has 0 saturated heterocycles. The summed E-state index contributed by atoms with van der Waals surface area (Å²) in [5, 5.41) is 2.21. The lowest BCUT2D eigenvalue weighted by Crippen LogP contribution is -2.01. The second-order valence-corrected chi connectivity index (χ2v) is 9.14. The van der Waals surface area contributed by atoms with E-state index in [9.17, 15) is 4.55 Å². The zero-order valence-electron chi connectivity index (χ0n) is 17.1. The van der Waals surface area contributed by atoms with Gasteiger partial charge in [0.1, 0.15) is 0 Å². The third-order valence-corrected chi connectivity index (χ3v) is 7.09. The molecule has 32 heavy (non-hydrogen) atoms. The summed E-state index contributed by atoms with van der Waals surface area (Å²) in [6, 6.07) is 35.9. The maximum Gasteiger partial charge on any atom is 0.158 e. The Labute approximate surface area is 188 Å². The van der Waals surface area contributed by atoms with Gasteiger partial charge in [-0.25, -0.2) is 9.97 Å². The summed E-state index contributed by atoms with van der Waals surface area (Å²) < 4.78 is 12.9. The molecule has 1 heterocycles. The Hall–Kier alpha value is -3.73. The predicted octanol–water partition coefficient (Wildman–Crippen LogP) is 6.77. The van der Waals surface area contributed by atoms with Crippen molar-refractivity contribution in [1.82, 2.24) is 9.97 Å². The molecule has 1 unspecified atom stereocenters. The molecule has 0 saturated carbocycles. The summed E-state index contributed by atoms with van der Waals surface area (Å²) in [5.74, 6) is 0. The van der Waals surface area contributed by atoms with Crippen molar-refractivity contribution in [3.8, 4) is 11.1 Å². The minimum absolute atomic E-state index is 0.788. The van der Waals surface area contributed by atoms with E-state index in [-0.39, 0.29) is 0 Å². The Balaban J connectivity index is 1.51. The maximum atomic E-state index is 12.9. The van der Waals surface area contributed by atoms with E-state index < -0.39 is 11.2 Å². The highest BCUT2D eigenvalue weighted by Gasteiger charge is 2.16. The first-order valence-corrected chi connectivity index (χ1v) is 11.6. The molecular formula is C28H18N2OS. The highest BCUT2D eigenvalue weighted by molar-refractivity contribution is 7.91. The van der Waals surface area contributed by atoms with Crippen LogP contribution in [0.4, 0.5) is 0 Å². The Morgan fingerprint density at radius 1 is 0.531 bits per heavy atom. The molecule has 4 heteroatoms. The van der Waals surface area contributed by atoms with Crippen LogP contribution >= 0.6 is 0 Å². The van der Waals surface area contributed by atoms with Crippen molar-refractivity contribution in [1.29, 1.82) is 0 Å². The zero-order chi connectivity index (χ0) is 21.5. The van der Waals surface area contributed by atoms with Crippen molar-refractivity contribution in [3.63, 3.8) is 0 Å². The van der Waals surface area contributed by atoms with E-state index in [1.165, 1.54) is 0 Å². The highest BCUT2D eigenvalue weighted by atomic mass is 32.2. The van der Waals surface area contributed by atoms with Crippen molar-refractivity contribution in [3.05, 3.63) is 109 Å². The molecule has 1 atom stereocenters. The molecule has 0 radical (unpaired) electrons. The summed E-state index contributed by atoms with van der Waals surface area (Å²) in [7, 11) is 0. The van der Waals surface area contributed by atoms with Gasteiger partial charge in [-0.15, -0.1) is 0 Å². The number of nitrogens with zero attached hydrogens (tertiary/aromatic N) is 2. The first kappa shape index (κ1) is 19.0. The number of rotatable bonds is 3. The van der Waals surface area contributed by atoms with E-state index in [0.29, 0.717) is 0 Å². The Morgan fingerprint density at radius 3 is 1.88 bits per heavy atom. The van der Waals surface area contributed by atoms with Gasteiger partial charge in [0, 0.05) is 16.6 Å². The average Bonchev–Trinajstić information content (AvgIpc) is 2.87. The van der Waals surface area contributed by atoms with Crippen LogP contribution in [0.5, 0.6) is 0 Å². The highest BCUT2D eigenvalue weighted by Crippen LogP contribution is 2.35. The van der Waals surface area contributed by atoms with Gasteiger partial charge >= 0.3 is 0 Å². The van der Waals surface area contributed by atoms with Crippen LogP contribution in [0, 0.1) is 0 Å². The van der Waals surface area contributed by atoms with Gasteiger partial charge < -0.3 is 4.55 Å². The minimum atomic E-state index is -1.20. The summed E-state index contributed by atoms with van der Waals surface area (Å²) in [6.45, 7) is 0. The lowest BCUT2D eigenvalue weighted by atomic mass is 9.97. The largest absolute Gasteiger partial charge is 0.606 e. The summed E-state index contributed by atoms with van der Waals surface area (Å²) in [4.78, 5) is 11.4. The number of fused-ring (bicyclic) bond motifs is 4. The Kier molecular flexibility index (Phi) is 4.60. The van der Waals surface area contributed by atoms with Crippen LogP contribution in [0.3, 0.4) is 0 Å². The van der Waals surface area contributed by atoms with E-state index in [1.807, 2.05) is 91.0 Å². The van der Waals surface area contributed by atoms with E-state index in [4.69, 9.17) is 9.97 Å². The predicted molar refractivity (Wildman–Crippen MR) is 131 cm³/mol. The van der Waals surface area contributed by atoms with Crippen LogP contribution < -0.4 is 0 Å². The third kappa shape index (κ3) is 3.21. The fourth-order valence-corrected chi connectivity index (χ4v) is 5.19. The molecule has 3 nitrogen and oxygen atoms in total. The van der Waals surface area contributed by atoms with Crippen LogP contribution in [0.1, 0.15) is 0 Å². The fourth-order valence-electron chi connectivity index (χ4n) is 4.13. The average molecular weight is 431 g/mol. The molecule has 0 bridgehead atoms. The monoisotopic (exact) mass is 430 g/mol. The van der Waals surface area contributed by atoms with Gasteiger partial charge in [0.25, 0.3) is 0 Å². The smallest absolute Gasteiger partial charge is 0.158 e. The Morgan fingerprint density at radius 2 is 1.12 bits per heavy atom. The second-order valence-electron chi connectivity index (χ2n) is 7.66. The lowest BCUT2D eigenvalue weighted by Gasteiger charge is -2.13. The number of hydrogen-bond donors (Lipinski definition) is 0. The topological polar surface area (TPSA) is 48.8 Å². The van der Waals surface area contributed by atoms with E-state index in [0.717, 1.165) is 53.8 Å². The van der Waals surface area contributed by atoms with E-state index in [2.05, 4.69) is 18.2 Å². The summed E-state index contributed by atoms with van der Waals surface area (Å²) in [5.41, 5.74) is 5.71. The van der Waals surface area contributed by atoms with Crippen molar-refractivity contribution in [2.75, 3.05) is 0 Å². The lowest BCUT2D eigenvalue weighted by molar-refractivity contribution is 0.595. The van der Waals surface area contributed by atoms with Gasteiger partial charge in [-0.1, -0.05) is 54.6 Å². The van der Waals surface area contributed by atoms with Crippen molar-refractivity contribution >= 4 is 44.0 Å². The van der Waals surface area contributed by atoms with Crippen LogP contribution in [0.2, 0.25) is 0 Å². The number of aromatic nitrogens is 2. The molecule has 0 fully saturated rings. The van der Waals surface area contributed by atoms with Crippen LogP contribution in [0.15, 0.2) is 119 Å². The minimum Gasteiger partial charge on any atom is -0.606 e. The maximum absolute atomic E-state index is 12.9. The quantitative estimate of drug-likeness (QED) is 0.177. The van der Waals surface area contributed by atoms with Gasteiger partial charge in [0.15, 0.2) is 9.79 Å². The molecular weight excluding hydrogens is 412 g/mol. The molecule has 0 aliphatic carbocycles. The molecule has 6 aromatic rings. The van der Waals surface area contributed by atoms with Gasteiger partial charge in [-0.05, 0) is 71.1 Å². The Bertz CT molecular complexity index is 1580. The molecule has 0 N–H and O–H groups in total. The van der Waals surface area contributed by atoms with Crippen molar-refractivity contribution in [2.45, 2.75) is 9.79 Å². The molecule has 0 spiro atoms. The molecule has 0 aliphatic rings. The summed E-state index contributed by atoms with van der Waals surface area (Å²) in [6.07, 6.45) is 0. The van der Waals surface area contributed by atoms with Crippen LogP contribution in [-0.4, -0.2) is 14.5 Å². The molecule has 152 valence electrons. The standard InChI is InChI=1S/C28H18N2OS/c31-32(20-8-2-1-3-9-20)21-16-14-19(15-17-21)24-18-27-28(23-11-5-4-10-22(23)24)30-26-13-7-6-12-25(26)29-27/h1-18H. The normalized spacial score (nSPS) is 12.4. The van der Waals surface area contributed by atoms with Gasteiger partial charge in [0.2, 0.25) is 0 Å². The first-order valence-electron chi connectivity index (χ1n) is 10.4. The first-order chi connectivity index (χ1) is 15.8. The SMILES string of the molecule is [O-][S+](c1ccccc1)c1ccc(-c2cc3nc4ccccc4nc3c3ccccc23)cc1. The van der Waals surface area contributed by atoms with Crippen molar-refractivity contribution < 1.29 is 4.55 Å². The number of benzene rings is 5. The number of para-hydroxylation sites is 2. The second kappa shape index (κ2) is 7.75. The van der Waals surface area contributed by atoms with E-state index in [1.54, 1.807) is 0 Å². The third-order valence-electron chi connectivity index (χ3n) is 5.69. The van der Waals surface area contributed by atoms with E-state index >= 15 is 0 Å². The van der Waals surface area contributed by atoms with Crippen LogP contribution in [0.25, 0.3) is 44.0 Å². The van der Waals surface area contributed by atoms with Gasteiger partial charge in [0.05, 0.1) is 22.1 Å². The van der Waals surface area contributed by atoms with Crippen LogP contribution in [-0.2, 0) is 11.2 Å². The van der Waals surface area contributed by atoms with Gasteiger partial charge in [-0.2, -0.15) is 0 Å². The molecule has 5 aromatic carbocycles. The van der Waals surface area contributed by atoms with Crippen molar-refractivity contribution in [2.24, 2.45) is 0 Å². The number of hydrogen-bond acceptors (Lipinski definition) is 3. The molecule has 6 rings (SSSR count). The molecule has 0 amide bonds. The van der Waals surface area contributed by atoms with Gasteiger partial charge in [-0.3, -0.25) is 0 Å². The summed E-state index contributed by atoms with van der Waals surface area (Å²) >= 11 is -1.20. The fraction of sp³-hybridized carbons (Fsp3) is 0. The molecule has 0 aliphatic heterocycles. The zero-order valence-corrected chi connectivity index (χ0v) is 17.9. The molecule has 1 aromatic heterocycles.